The van der Waals surface area contributed by atoms with E-state index in [1.807, 2.05) is 12.1 Å². The Morgan fingerprint density at radius 1 is 1.39 bits per heavy atom. The van der Waals surface area contributed by atoms with Crippen molar-refractivity contribution in [1.29, 1.82) is 0 Å². The molecule has 98 valence electrons. The molecule has 2 rings (SSSR count). The SMILES string of the molecule is CN(CCCC(C)(C)N)c1ccc2ncoc2c1. The monoisotopic (exact) mass is 247 g/mol. The first-order chi connectivity index (χ1) is 8.46. The molecule has 1 aromatic carbocycles. The lowest BCUT2D eigenvalue weighted by atomic mass is 10.00. The van der Waals surface area contributed by atoms with Crippen molar-refractivity contribution in [3.05, 3.63) is 24.6 Å². The quantitative estimate of drug-likeness (QED) is 0.882. The van der Waals surface area contributed by atoms with Gasteiger partial charge in [-0.25, -0.2) is 4.98 Å². The third-order valence-electron chi connectivity index (χ3n) is 3.07. The predicted molar refractivity (Wildman–Crippen MR) is 74.8 cm³/mol. The Balaban J connectivity index is 1.97. The average Bonchev–Trinajstić information content (AvgIpc) is 2.73. The molecule has 0 atom stereocenters. The first-order valence-electron chi connectivity index (χ1n) is 6.29. The van der Waals surface area contributed by atoms with Gasteiger partial charge in [-0.1, -0.05) is 0 Å². The van der Waals surface area contributed by atoms with Gasteiger partial charge < -0.3 is 15.1 Å². The van der Waals surface area contributed by atoms with Crippen molar-refractivity contribution < 1.29 is 4.42 Å². The lowest BCUT2D eigenvalue weighted by molar-refractivity contribution is 0.460. The number of hydrogen-bond acceptors (Lipinski definition) is 4. The molecule has 0 aliphatic rings. The van der Waals surface area contributed by atoms with Gasteiger partial charge in [-0.05, 0) is 38.8 Å². The third-order valence-corrected chi connectivity index (χ3v) is 3.07. The summed E-state index contributed by atoms with van der Waals surface area (Å²) >= 11 is 0. The van der Waals surface area contributed by atoms with Crippen molar-refractivity contribution in [2.24, 2.45) is 5.73 Å². The first-order valence-corrected chi connectivity index (χ1v) is 6.29. The van der Waals surface area contributed by atoms with Crippen LogP contribution in [-0.4, -0.2) is 24.1 Å². The number of fused-ring (bicyclic) bond motifs is 1. The van der Waals surface area contributed by atoms with Gasteiger partial charge in [-0.3, -0.25) is 0 Å². The van der Waals surface area contributed by atoms with Crippen molar-refractivity contribution in [3.8, 4) is 0 Å². The molecule has 0 unspecified atom stereocenters. The van der Waals surface area contributed by atoms with Crippen LogP contribution in [0.1, 0.15) is 26.7 Å². The van der Waals surface area contributed by atoms with Crippen molar-refractivity contribution in [3.63, 3.8) is 0 Å². The normalized spacial score (nSPS) is 12.0. The summed E-state index contributed by atoms with van der Waals surface area (Å²) in [6, 6.07) is 6.08. The van der Waals surface area contributed by atoms with Crippen LogP contribution >= 0.6 is 0 Å². The van der Waals surface area contributed by atoms with E-state index in [2.05, 4.69) is 36.8 Å². The lowest BCUT2D eigenvalue weighted by Gasteiger charge is -2.23. The Kier molecular flexibility index (Phi) is 3.57. The molecule has 1 heterocycles. The van der Waals surface area contributed by atoms with Gasteiger partial charge in [0, 0.05) is 30.9 Å². The van der Waals surface area contributed by atoms with Gasteiger partial charge in [0.05, 0.1) is 0 Å². The minimum absolute atomic E-state index is 0.0876. The summed E-state index contributed by atoms with van der Waals surface area (Å²) < 4.78 is 5.31. The number of nitrogens with two attached hydrogens (primary N) is 1. The van der Waals surface area contributed by atoms with E-state index < -0.39 is 0 Å². The van der Waals surface area contributed by atoms with Gasteiger partial charge in [0.15, 0.2) is 12.0 Å². The summed E-state index contributed by atoms with van der Waals surface area (Å²) in [5, 5.41) is 0. The summed E-state index contributed by atoms with van der Waals surface area (Å²) in [5.74, 6) is 0. The Morgan fingerprint density at radius 2 is 2.17 bits per heavy atom. The lowest BCUT2D eigenvalue weighted by Crippen LogP contribution is -2.33. The van der Waals surface area contributed by atoms with Gasteiger partial charge in [-0.15, -0.1) is 0 Å². The van der Waals surface area contributed by atoms with E-state index in [0.29, 0.717) is 0 Å². The van der Waals surface area contributed by atoms with Crippen LogP contribution < -0.4 is 10.6 Å². The van der Waals surface area contributed by atoms with E-state index in [1.54, 1.807) is 0 Å². The van der Waals surface area contributed by atoms with Gasteiger partial charge in [-0.2, -0.15) is 0 Å². The van der Waals surface area contributed by atoms with E-state index in [9.17, 15) is 0 Å². The molecule has 0 radical (unpaired) electrons. The molecule has 2 N–H and O–H groups in total. The Morgan fingerprint density at radius 3 is 2.89 bits per heavy atom. The maximum Gasteiger partial charge on any atom is 0.181 e. The first kappa shape index (κ1) is 12.9. The second-order valence-corrected chi connectivity index (χ2v) is 5.52. The molecule has 0 amide bonds. The number of benzene rings is 1. The Bertz CT molecular complexity index is 513. The number of rotatable bonds is 5. The van der Waals surface area contributed by atoms with Crippen LogP contribution in [0.3, 0.4) is 0 Å². The molecule has 1 aromatic heterocycles. The molecule has 0 aliphatic heterocycles. The zero-order valence-corrected chi connectivity index (χ0v) is 11.3. The van der Waals surface area contributed by atoms with Crippen molar-refractivity contribution in [1.82, 2.24) is 4.98 Å². The van der Waals surface area contributed by atoms with Crippen LogP contribution in [-0.2, 0) is 0 Å². The molecule has 0 saturated heterocycles. The fourth-order valence-electron chi connectivity index (χ4n) is 1.98. The van der Waals surface area contributed by atoms with E-state index in [4.69, 9.17) is 10.2 Å². The molecular weight excluding hydrogens is 226 g/mol. The minimum Gasteiger partial charge on any atom is -0.443 e. The highest BCUT2D eigenvalue weighted by Gasteiger charge is 2.11. The summed E-state index contributed by atoms with van der Waals surface area (Å²) in [6.45, 7) is 5.11. The second kappa shape index (κ2) is 4.98. The van der Waals surface area contributed by atoms with Crippen LogP contribution in [0.2, 0.25) is 0 Å². The van der Waals surface area contributed by atoms with Gasteiger partial charge in [0.1, 0.15) is 5.52 Å². The summed E-state index contributed by atoms with van der Waals surface area (Å²) in [6.07, 6.45) is 3.57. The van der Waals surface area contributed by atoms with Gasteiger partial charge in [0.25, 0.3) is 0 Å². The number of oxazole rings is 1. The maximum absolute atomic E-state index is 5.98. The number of hydrogen-bond donors (Lipinski definition) is 1. The molecule has 2 aromatic rings. The molecule has 0 spiro atoms. The third kappa shape index (κ3) is 3.23. The van der Waals surface area contributed by atoms with E-state index >= 15 is 0 Å². The van der Waals surface area contributed by atoms with Crippen molar-refractivity contribution >= 4 is 16.8 Å². The van der Waals surface area contributed by atoms with Crippen molar-refractivity contribution in [2.45, 2.75) is 32.2 Å². The summed E-state index contributed by atoms with van der Waals surface area (Å²) in [5.41, 5.74) is 8.77. The molecule has 0 bridgehead atoms. The van der Waals surface area contributed by atoms with Crippen LogP contribution in [0.25, 0.3) is 11.1 Å². The van der Waals surface area contributed by atoms with Crippen molar-refractivity contribution in [2.75, 3.05) is 18.5 Å². The van der Waals surface area contributed by atoms with Crippen LogP contribution in [0.15, 0.2) is 29.0 Å². The molecule has 0 saturated carbocycles. The highest BCUT2D eigenvalue weighted by Crippen LogP contribution is 2.21. The predicted octanol–water partition coefficient (Wildman–Crippen LogP) is 2.78. The van der Waals surface area contributed by atoms with Gasteiger partial charge >= 0.3 is 0 Å². The Labute approximate surface area is 108 Å². The standard InChI is InChI=1S/C14H21N3O/c1-14(2,15)7-4-8-17(3)11-5-6-12-13(9-11)18-10-16-12/h5-6,9-10H,4,7-8,15H2,1-3H3. The topological polar surface area (TPSA) is 55.3 Å². The largest absolute Gasteiger partial charge is 0.443 e. The van der Waals surface area contributed by atoms with Crippen LogP contribution in [0, 0.1) is 0 Å². The average molecular weight is 247 g/mol. The number of nitrogens with zero attached hydrogens (tertiary/aromatic N) is 2. The minimum atomic E-state index is -0.0876. The van der Waals surface area contributed by atoms with E-state index in [0.717, 1.165) is 36.2 Å². The number of aromatic nitrogens is 1. The fourth-order valence-corrected chi connectivity index (χ4v) is 1.98. The molecule has 0 aliphatic carbocycles. The van der Waals surface area contributed by atoms with Gasteiger partial charge in [0.2, 0.25) is 0 Å². The molecule has 0 fully saturated rings. The zero-order chi connectivity index (χ0) is 13.2. The number of anilines is 1. The molecule has 4 heteroatoms. The smallest absolute Gasteiger partial charge is 0.181 e. The zero-order valence-electron chi connectivity index (χ0n) is 11.3. The molecule has 4 nitrogen and oxygen atoms in total. The second-order valence-electron chi connectivity index (χ2n) is 5.52. The van der Waals surface area contributed by atoms with Crippen LogP contribution in [0.4, 0.5) is 5.69 Å². The fraction of sp³-hybridized carbons (Fsp3) is 0.500. The summed E-state index contributed by atoms with van der Waals surface area (Å²) in [4.78, 5) is 6.33. The maximum atomic E-state index is 5.98. The van der Waals surface area contributed by atoms with Crippen LogP contribution in [0.5, 0.6) is 0 Å². The van der Waals surface area contributed by atoms with E-state index in [1.165, 1.54) is 6.39 Å². The highest BCUT2D eigenvalue weighted by atomic mass is 16.3. The van der Waals surface area contributed by atoms with E-state index in [-0.39, 0.29) is 5.54 Å². The highest BCUT2D eigenvalue weighted by molar-refractivity contribution is 5.76. The summed E-state index contributed by atoms with van der Waals surface area (Å²) in [7, 11) is 2.08. The molecule has 18 heavy (non-hydrogen) atoms. The Hall–Kier alpha value is -1.55. The molecular formula is C14H21N3O.